The highest BCUT2D eigenvalue weighted by Gasteiger charge is 2.32. The molecule has 0 radical (unpaired) electrons. The van der Waals surface area contributed by atoms with Gasteiger partial charge in [0.15, 0.2) is 0 Å². The zero-order valence-electron chi connectivity index (χ0n) is 16.4. The van der Waals surface area contributed by atoms with Gasteiger partial charge in [0.25, 0.3) is 0 Å². The van der Waals surface area contributed by atoms with Crippen LogP contribution in [0.3, 0.4) is 0 Å². The Bertz CT molecular complexity index is 792. The van der Waals surface area contributed by atoms with Crippen molar-refractivity contribution < 1.29 is 9.47 Å². The van der Waals surface area contributed by atoms with E-state index in [0.717, 1.165) is 11.5 Å². The van der Waals surface area contributed by atoms with Crippen LogP contribution in [-0.2, 0) is 0 Å². The number of methoxy groups -OCH3 is 2. The highest BCUT2D eigenvalue weighted by Crippen LogP contribution is 2.47. The van der Waals surface area contributed by atoms with E-state index in [1.807, 2.05) is 24.3 Å². The standard InChI is InChI=1S/C24H27O2P/c1-24(2,27-22-8-6-5-7-9-22)23(18-10-14-20(25-3)15-11-18)19-12-16-21(26-4)17-13-19/h5-17,23,27H,1-4H3. The Morgan fingerprint density at radius 3 is 1.52 bits per heavy atom. The van der Waals surface area contributed by atoms with E-state index in [1.165, 1.54) is 16.4 Å². The first-order valence-corrected chi connectivity index (χ1v) is 10.1. The molecular formula is C24H27O2P. The summed E-state index contributed by atoms with van der Waals surface area (Å²) in [5.41, 5.74) is 2.60. The van der Waals surface area contributed by atoms with Gasteiger partial charge in [0.2, 0.25) is 0 Å². The van der Waals surface area contributed by atoms with E-state index >= 15 is 0 Å². The monoisotopic (exact) mass is 378 g/mol. The SMILES string of the molecule is COc1ccc(C(c2ccc(OC)cc2)C(C)(C)Pc2ccccc2)cc1. The molecule has 27 heavy (non-hydrogen) atoms. The molecule has 0 aliphatic carbocycles. The summed E-state index contributed by atoms with van der Waals surface area (Å²) in [4.78, 5) is 0. The lowest BCUT2D eigenvalue weighted by Gasteiger charge is -2.36. The van der Waals surface area contributed by atoms with Crippen molar-refractivity contribution in [1.82, 2.24) is 0 Å². The summed E-state index contributed by atoms with van der Waals surface area (Å²) < 4.78 is 10.7. The minimum Gasteiger partial charge on any atom is -0.497 e. The third-order valence-electron chi connectivity index (χ3n) is 4.86. The molecule has 140 valence electrons. The molecule has 1 unspecified atom stereocenters. The molecule has 0 spiro atoms. The fraction of sp³-hybridized carbons (Fsp3) is 0.250. The minimum atomic E-state index is 0.0600. The summed E-state index contributed by atoms with van der Waals surface area (Å²) in [6.45, 7) is 4.72. The Balaban J connectivity index is 2.01. The average Bonchev–Trinajstić information content (AvgIpc) is 2.69. The van der Waals surface area contributed by atoms with E-state index in [0.29, 0.717) is 8.58 Å². The molecule has 0 aromatic heterocycles. The molecule has 2 nitrogen and oxygen atoms in total. The topological polar surface area (TPSA) is 18.5 Å². The number of ether oxygens (including phenoxy) is 2. The predicted octanol–water partition coefficient (Wildman–Crippen LogP) is 5.62. The summed E-state index contributed by atoms with van der Waals surface area (Å²) >= 11 is 0. The Hall–Kier alpha value is -2.31. The van der Waals surface area contributed by atoms with Crippen LogP contribution in [0.1, 0.15) is 30.9 Å². The summed E-state index contributed by atoms with van der Waals surface area (Å²) in [6.07, 6.45) is 0. The fourth-order valence-corrected chi connectivity index (χ4v) is 5.16. The van der Waals surface area contributed by atoms with Gasteiger partial charge >= 0.3 is 0 Å². The molecule has 0 aliphatic rings. The minimum absolute atomic E-state index is 0.0600. The van der Waals surface area contributed by atoms with Gasteiger partial charge in [0, 0.05) is 5.92 Å². The van der Waals surface area contributed by atoms with Crippen molar-refractivity contribution in [2.45, 2.75) is 24.9 Å². The first kappa shape index (κ1) is 19.5. The largest absolute Gasteiger partial charge is 0.497 e. The lowest BCUT2D eigenvalue weighted by Crippen LogP contribution is -2.27. The third-order valence-corrected chi connectivity index (χ3v) is 6.42. The molecule has 3 heteroatoms. The number of benzene rings is 3. The molecule has 0 saturated carbocycles. The highest BCUT2D eigenvalue weighted by atomic mass is 31.1. The van der Waals surface area contributed by atoms with Gasteiger partial charge in [-0.2, -0.15) is 0 Å². The smallest absolute Gasteiger partial charge is 0.118 e. The molecule has 3 aromatic rings. The molecule has 0 amide bonds. The van der Waals surface area contributed by atoms with Crippen LogP contribution in [0.5, 0.6) is 11.5 Å². The van der Waals surface area contributed by atoms with Gasteiger partial charge in [-0.25, -0.2) is 0 Å². The lowest BCUT2D eigenvalue weighted by atomic mass is 9.82. The van der Waals surface area contributed by atoms with Crippen LogP contribution in [-0.4, -0.2) is 19.4 Å². The zero-order valence-corrected chi connectivity index (χ0v) is 17.4. The average molecular weight is 378 g/mol. The summed E-state index contributed by atoms with van der Waals surface area (Å²) in [6, 6.07) is 27.7. The fourth-order valence-electron chi connectivity index (χ4n) is 3.58. The molecule has 0 N–H and O–H groups in total. The van der Waals surface area contributed by atoms with Crippen molar-refractivity contribution in [3.63, 3.8) is 0 Å². The normalized spacial score (nSPS) is 11.9. The van der Waals surface area contributed by atoms with Crippen LogP contribution in [0.15, 0.2) is 78.9 Å². The van der Waals surface area contributed by atoms with E-state index in [-0.39, 0.29) is 11.1 Å². The van der Waals surface area contributed by atoms with Gasteiger partial charge in [-0.3, -0.25) is 0 Å². The second kappa shape index (κ2) is 8.59. The Morgan fingerprint density at radius 1 is 0.667 bits per heavy atom. The van der Waals surface area contributed by atoms with Crippen molar-refractivity contribution in [2.24, 2.45) is 0 Å². The molecule has 0 fully saturated rings. The molecule has 0 heterocycles. The number of rotatable bonds is 7. The molecule has 0 bridgehead atoms. The quantitative estimate of drug-likeness (QED) is 0.497. The van der Waals surface area contributed by atoms with Crippen molar-refractivity contribution in [3.8, 4) is 11.5 Å². The van der Waals surface area contributed by atoms with Gasteiger partial charge in [-0.1, -0.05) is 77.0 Å². The van der Waals surface area contributed by atoms with Crippen LogP contribution in [0.2, 0.25) is 0 Å². The molecule has 3 rings (SSSR count). The Morgan fingerprint density at radius 2 is 1.11 bits per heavy atom. The van der Waals surface area contributed by atoms with Crippen LogP contribution in [0.25, 0.3) is 0 Å². The van der Waals surface area contributed by atoms with E-state index < -0.39 is 0 Å². The Labute approximate surface area is 164 Å². The van der Waals surface area contributed by atoms with Crippen LogP contribution in [0, 0.1) is 0 Å². The number of hydrogen-bond donors (Lipinski definition) is 0. The van der Waals surface area contributed by atoms with Crippen LogP contribution in [0.4, 0.5) is 0 Å². The first-order valence-electron chi connectivity index (χ1n) is 9.14. The Kier molecular flexibility index (Phi) is 6.19. The number of hydrogen-bond acceptors (Lipinski definition) is 2. The summed E-state index contributed by atoms with van der Waals surface area (Å²) in [5, 5.41) is 1.44. The second-order valence-corrected chi connectivity index (χ2v) is 9.31. The molecule has 3 aromatic carbocycles. The van der Waals surface area contributed by atoms with Gasteiger partial charge in [-0.05, 0) is 45.9 Å². The van der Waals surface area contributed by atoms with Gasteiger partial charge in [0.1, 0.15) is 11.5 Å². The molecule has 1 atom stereocenters. The van der Waals surface area contributed by atoms with E-state index in [1.54, 1.807) is 14.2 Å². The lowest BCUT2D eigenvalue weighted by molar-refractivity contribution is 0.414. The predicted molar refractivity (Wildman–Crippen MR) is 116 cm³/mol. The second-order valence-electron chi connectivity index (χ2n) is 7.19. The van der Waals surface area contributed by atoms with E-state index in [2.05, 4.69) is 68.4 Å². The van der Waals surface area contributed by atoms with E-state index in [4.69, 9.17) is 9.47 Å². The van der Waals surface area contributed by atoms with Crippen molar-refractivity contribution >= 4 is 13.9 Å². The van der Waals surface area contributed by atoms with Crippen molar-refractivity contribution in [3.05, 3.63) is 90.0 Å². The third kappa shape index (κ3) is 4.70. The van der Waals surface area contributed by atoms with Crippen molar-refractivity contribution in [2.75, 3.05) is 14.2 Å². The van der Waals surface area contributed by atoms with Gasteiger partial charge < -0.3 is 9.47 Å². The molecule has 0 saturated heterocycles. The van der Waals surface area contributed by atoms with Crippen LogP contribution >= 0.6 is 8.58 Å². The molecular weight excluding hydrogens is 351 g/mol. The van der Waals surface area contributed by atoms with E-state index in [9.17, 15) is 0 Å². The van der Waals surface area contributed by atoms with Crippen LogP contribution < -0.4 is 14.8 Å². The maximum absolute atomic E-state index is 5.35. The summed E-state index contributed by atoms with van der Waals surface area (Å²) in [7, 11) is 4.11. The van der Waals surface area contributed by atoms with Gasteiger partial charge in [0.05, 0.1) is 14.2 Å². The molecule has 0 aliphatic heterocycles. The maximum Gasteiger partial charge on any atom is 0.118 e. The first-order chi connectivity index (χ1) is 13.0. The summed E-state index contributed by atoms with van der Waals surface area (Å²) in [5.74, 6) is 2.04. The maximum atomic E-state index is 5.35. The van der Waals surface area contributed by atoms with Gasteiger partial charge in [-0.15, -0.1) is 0 Å². The highest BCUT2D eigenvalue weighted by molar-refractivity contribution is 7.49. The van der Waals surface area contributed by atoms with Crippen molar-refractivity contribution in [1.29, 1.82) is 0 Å². The zero-order chi connectivity index (χ0) is 19.3.